The molecule has 2 aromatic rings. The molecule has 1 aliphatic rings. The van der Waals surface area contributed by atoms with Gasteiger partial charge >= 0.3 is 0 Å². The van der Waals surface area contributed by atoms with Crippen LogP contribution in [0.3, 0.4) is 0 Å². The van der Waals surface area contributed by atoms with Crippen LogP contribution in [-0.4, -0.2) is 37.8 Å². The van der Waals surface area contributed by atoms with E-state index in [1.807, 2.05) is 53.6 Å². The molecule has 1 saturated heterocycles. The summed E-state index contributed by atoms with van der Waals surface area (Å²) in [7, 11) is 3.26. The van der Waals surface area contributed by atoms with Gasteiger partial charge in [0.15, 0.2) is 11.5 Å². The molecule has 1 heterocycles. The first-order valence-electron chi connectivity index (χ1n) is 8.35. The van der Waals surface area contributed by atoms with Crippen molar-refractivity contribution in [2.24, 2.45) is 0 Å². The zero-order valence-corrected chi connectivity index (χ0v) is 15.6. The predicted octanol–water partition coefficient (Wildman–Crippen LogP) is 4.40. The number of carbonyl (C=O) groups is 1. The molecule has 0 aliphatic carbocycles. The van der Waals surface area contributed by atoms with Gasteiger partial charge in [-0.2, -0.15) is 0 Å². The molecule has 1 unspecified atom stereocenters. The lowest BCUT2D eigenvalue weighted by atomic mass is 10.0. The topological polar surface area (TPSA) is 38.8 Å². The molecular weight excluding hydrogens is 334 g/mol. The van der Waals surface area contributed by atoms with Crippen LogP contribution in [0.2, 0.25) is 0 Å². The Hall–Kier alpha value is -2.14. The highest BCUT2D eigenvalue weighted by atomic mass is 32.2. The van der Waals surface area contributed by atoms with Crippen LogP contribution in [0.25, 0.3) is 0 Å². The Labute approximate surface area is 153 Å². The van der Waals surface area contributed by atoms with E-state index in [1.165, 1.54) is 0 Å². The van der Waals surface area contributed by atoms with Crippen molar-refractivity contribution in [3.05, 3.63) is 53.6 Å². The molecule has 3 rings (SSSR count). The number of carbonyl (C=O) groups excluding carboxylic acids is 1. The SMILES string of the molecule is COc1ccc(C2CCCN2C(=O)c2ccc(SC)cc2)cc1OC. The number of benzene rings is 2. The molecule has 25 heavy (non-hydrogen) atoms. The summed E-state index contributed by atoms with van der Waals surface area (Å²) in [5.41, 5.74) is 1.83. The number of ether oxygens (including phenoxy) is 2. The fourth-order valence-electron chi connectivity index (χ4n) is 3.32. The summed E-state index contributed by atoms with van der Waals surface area (Å²) in [6.07, 6.45) is 4.00. The number of rotatable bonds is 5. The van der Waals surface area contributed by atoms with Gasteiger partial charge in [0, 0.05) is 17.0 Å². The Kier molecular flexibility index (Phi) is 5.53. The Morgan fingerprint density at radius 1 is 1.08 bits per heavy atom. The van der Waals surface area contributed by atoms with Gasteiger partial charge in [0.25, 0.3) is 5.91 Å². The standard InChI is InChI=1S/C20H23NO3S/c1-23-18-11-8-15(13-19(18)24-2)17-5-4-12-21(17)20(22)14-6-9-16(25-3)10-7-14/h6-11,13,17H,4-5,12H2,1-3H3. The van der Waals surface area contributed by atoms with Gasteiger partial charge in [-0.3, -0.25) is 4.79 Å². The van der Waals surface area contributed by atoms with Gasteiger partial charge < -0.3 is 14.4 Å². The van der Waals surface area contributed by atoms with E-state index in [4.69, 9.17) is 9.47 Å². The number of thioether (sulfide) groups is 1. The van der Waals surface area contributed by atoms with Crippen LogP contribution in [-0.2, 0) is 0 Å². The van der Waals surface area contributed by atoms with E-state index in [9.17, 15) is 4.79 Å². The summed E-state index contributed by atoms with van der Waals surface area (Å²) in [6.45, 7) is 0.780. The second kappa shape index (κ2) is 7.83. The third kappa shape index (κ3) is 3.61. The molecule has 1 fully saturated rings. The van der Waals surface area contributed by atoms with Crippen LogP contribution < -0.4 is 9.47 Å². The van der Waals surface area contributed by atoms with Crippen molar-refractivity contribution in [1.29, 1.82) is 0 Å². The highest BCUT2D eigenvalue weighted by molar-refractivity contribution is 7.98. The number of likely N-dealkylation sites (tertiary alicyclic amines) is 1. The monoisotopic (exact) mass is 357 g/mol. The lowest BCUT2D eigenvalue weighted by molar-refractivity contribution is 0.0735. The third-order valence-corrected chi connectivity index (χ3v) is 5.39. The Morgan fingerprint density at radius 3 is 2.44 bits per heavy atom. The zero-order chi connectivity index (χ0) is 17.8. The van der Waals surface area contributed by atoms with Crippen LogP contribution >= 0.6 is 11.8 Å². The summed E-state index contributed by atoms with van der Waals surface area (Å²) in [5.74, 6) is 1.49. The summed E-state index contributed by atoms with van der Waals surface area (Å²) >= 11 is 1.68. The number of hydrogen-bond donors (Lipinski definition) is 0. The number of amides is 1. The molecular formula is C20H23NO3S. The van der Waals surface area contributed by atoms with Gasteiger partial charge in [-0.05, 0) is 61.1 Å². The van der Waals surface area contributed by atoms with Gasteiger partial charge in [0.05, 0.1) is 20.3 Å². The minimum atomic E-state index is 0.0764. The first-order valence-corrected chi connectivity index (χ1v) is 9.57. The van der Waals surface area contributed by atoms with Crippen molar-refractivity contribution >= 4 is 17.7 Å². The first kappa shape index (κ1) is 17.7. The molecule has 0 radical (unpaired) electrons. The highest BCUT2D eigenvalue weighted by Crippen LogP contribution is 2.37. The largest absolute Gasteiger partial charge is 0.493 e. The van der Waals surface area contributed by atoms with Gasteiger partial charge in [0.1, 0.15) is 0 Å². The van der Waals surface area contributed by atoms with Gasteiger partial charge in [-0.1, -0.05) is 6.07 Å². The maximum Gasteiger partial charge on any atom is 0.254 e. The van der Waals surface area contributed by atoms with E-state index in [2.05, 4.69) is 0 Å². The molecule has 5 heteroatoms. The molecule has 1 atom stereocenters. The maximum atomic E-state index is 13.0. The molecule has 2 aromatic carbocycles. The Balaban J connectivity index is 1.85. The van der Waals surface area contributed by atoms with Crippen molar-refractivity contribution in [3.8, 4) is 11.5 Å². The predicted molar refractivity (Wildman–Crippen MR) is 101 cm³/mol. The minimum Gasteiger partial charge on any atom is -0.493 e. The Bertz CT molecular complexity index is 745. The van der Waals surface area contributed by atoms with E-state index in [0.29, 0.717) is 11.5 Å². The van der Waals surface area contributed by atoms with Gasteiger partial charge in [0.2, 0.25) is 0 Å². The highest BCUT2D eigenvalue weighted by Gasteiger charge is 2.31. The smallest absolute Gasteiger partial charge is 0.254 e. The molecule has 0 aromatic heterocycles. The molecule has 0 N–H and O–H groups in total. The van der Waals surface area contributed by atoms with Crippen LogP contribution in [0.15, 0.2) is 47.4 Å². The number of methoxy groups -OCH3 is 2. The molecule has 132 valence electrons. The fraction of sp³-hybridized carbons (Fsp3) is 0.350. The average Bonchev–Trinajstić information content (AvgIpc) is 3.16. The maximum absolute atomic E-state index is 13.0. The van der Waals surface area contributed by atoms with Crippen molar-refractivity contribution in [2.45, 2.75) is 23.8 Å². The minimum absolute atomic E-state index is 0.0764. The number of nitrogens with zero attached hydrogens (tertiary/aromatic N) is 1. The van der Waals surface area contributed by atoms with Crippen molar-refractivity contribution < 1.29 is 14.3 Å². The second-order valence-electron chi connectivity index (χ2n) is 6.00. The fourth-order valence-corrected chi connectivity index (χ4v) is 3.72. The molecule has 1 amide bonds. The Morgan fingerprint density at radius 2 is 1.80 bits per heavy atom. The molecule has 1 aliphatic heterocycles. The van der Waals surface area contributed by atoms with E-state index < -0.39 is 0 Å². The first-order chi connectivity index (χ1) is 12.2. The quantitative estimate of drug-likeness (QED) is 0.744. The van der Waals surface area contributed by atoms with E-state index >= 15 is 0 Å². The molecule has 0 saturated carbocycles. The van der Waals surface area contributed by atoms with E-state index in [1.54, 1.807) is 26.0 Å². The molecule has 4 nitrogen and oxygen atoms in total. The summed E-state index contributed by atoms with van der Waals surface area (Å²) in [4.78, 5) is 16.1. The lowest BCUT2D eigenvalue weighted by Gasteiger charge is -2.26. The van der Waals surface area contributed by atoms with E-state index in [-0.39, 0.29) is 11.9 Å². The molecule has 0 bridgehead atoms. The van der Waals surface area contributed by atoms with E-state index in [0.717, 1.165) is 35.4 Å². The average molecular weight is 357 g/mol. The summed E-state index contributed by atoms with van der Waals surface area (Å²) in [5, 5.41) is 0. The zero-order valence-electron chi connectivity index (χ0n) is 14.8. The van der Waals surface area contributed by atoms with Crippen molar-refractivity contribution in [1.82, 2.24) is 4.90 Å². The second-order valence-corrected chi connectivity index (χ2v) is 6.88. The molecule has 0 spiro atoms. The van der Waals surface area contributed by atoms with Gasteiger partial charge in [-0.25, -0.2) is 0 Å². The van der Waals surface area contributed by atoms with Crippen molar-refractivity contribution in [2.75, 3.05) is 27.0 Å². The van der Waals surface area contributed by atoms with Crippen molar-refractivity contribution in [3.63, 3.8) is 0 Å². The van der Waals surface area contributed by atoms with Gasteiger partial charge in [-0.15, -0.1) is 11.8 Å². The van der Waals surface area contributed by atoms with Crippen LogP contribution in [0.4, 0.5) is 0 Å². The van der Waals surface area contributed by atoms with Crippen LogP contribution in [0.1, 0.15) is 34.8 Å². The third-order valence-electron chi connectivity index (χ3n) is 4.64. The normalized spacial score (nSPS) is 16.8. The van der Waals surface area contributed by atoms with Crippen LogP contribution in [0.5, 0.6) is 11.5 Å². The lowest BCUT2D eigenvalue weighted by Crippen LogP contribution is -2.30. The summed E-state index contributed by atoms with van der Waals surface area (Å²) in [6, 6.07) is 13.8. The number of hydrogen-bond acceptors (Lipinski definition) is 4. The summed E-state index contributed by atoms with van der Waals surface area (Å²) < 4.78 is 10.7. The van der Waals surface area contributed by atoms with Crippen LogP contribution in [0, 0.1) is 0 Å².